The number of esters is 1. The van der Waals surface area contributed by atoms with Crippen molar-refractivity contribution in [1.29, 1.82) is 0 Å². The summed E-state index contributed by atoms with van der Waals surface area (Å²) in [5.41, 5.74) is 1.23. The molecular formula is C20H27N3O4S. The Labute approximate surface area is 166 Å². The Balaban J connectivity index is 1.89. The molecule has 0 aliphatic carbocycles. The first kappa shape index (κ1) is 20.5. The third-order valence-corrected chi connectivity index (χ3v) is 6.87. The van der Waals surface area contributed by atoms with Crippen molar-refractivity contribution in [3.63, 3.8) is 0 Å². The zero-order valence-electron chi connectivity index (χ0n) is 16.5. The first-order chi connectivity index (χ1) is 13.3. The Morgan fingerprint density at radius 1 is 1.21 bits per heavy atom. The van der Waals surface area contributed by atoms with Gasteiger partial charge in [0.25, 0.3) is 0 Å². The maximum Gasteiger partial charge on any atom is 0.309 e. The number of aromatic nitrogens is 2. The number of piperidine rings is 1. The molecule has 152 valence electrons. The Bertz CT molecular complexity index is 914. The number of hydrogen-bond donors (Lipinski definition) is 0. The van der Waals surface area contributed by atoms with Crippen molar-refractivity contribution >= 4 is 16.0 Å². The van der Waals surface area contributed by atoms with Crippen LogP contribution in [0.3, 0.4) is 0 Å². The molecule has 0 saturated carbocycles. The van der Waals surface area contributed by atoms with Crippen LogP contribution < -0.4 is 0 Å². The van der Waals surface area contributed by atoms with Crippen molar-refractivity contribution in [3.8, 4) is 11.3 Å². The van der Waals surface area contributed by atoms with Gasteiger partial charge in [-0.2, -0.15) is 9.40 Å². The van der Waals surface area contributed by atoms with E-state index in [2.05, 4.69) is 5.10 Å². The average molecular weight is 406 g/mol. The van der Waals surface area contributed by atoms with Crippen molar-refractivity contribution in [1.82, 2.24) is 14.1 Å². The molecule has 3 rings (SSSR count). The number of carbonyl (C=O) groups excluding carboxylic acids is 1. The molecule has 1 saturated heterocycles. The van der Waals surface area contributed by atoms with Gasteiger partial charge in [-0.1, -0.05) is 30.3 Å². The van der Waals surface area contributed by atoms with Gasteiger partial charge in [0.2, 0.25) is 10.0 Å². The van der Waals surface area contributed by atoms with Crippen molar-refractivity contribution in [2.75, 3.05) is 19.7 Å². The van der Waals surface area contributed by atoms with Crippen LogP contribution in [0.1, 0.15) is 39.7 Å². The molecule has 0 unspecified atom stereocenters. The highest BCUT2D eigenvalue weighted by Crippen LogP contribution is 2.31. The molecule has 0 N–H and O–H groups in total. The van der Waals surface area contributed by atoms with Crippen LogP contribution in [0, 0.1) is 5.92 Å². The summed E-state index contributed by atoms with van der Waals surface area (Å²) in [6, 6.07) is 9.38. The Kier molecular flexibility index (Phi) is 6.20. The van der Waals surface area contributed by atoms with E-state index < -0.39 is 10.0 Å². The quantitative estimate of drug-likeness (QED) is 0.690. The Hall–Kier alpha value is -2.19. The van der Waals surface area contributed by atoms with Gasteiger partial charge in [0, 0.05) is 30.9 Å². The largest absolute Gasteiger partial charge is 0.466 e. The smallest absolute Gasteiger partial charge is 0.309 e. The molecular weight excluding hydrogens is 378 g/mol. The second kappa shape index (κ2) is 8.45. The van der Waals surface area contributed by atoms with Crippen LogP contribution >= 0.6 is 0 Å². The van der Waals surface area contributed by atoms with Crippen LogP contribution in [-0.2, 0) is 19.6 Å². The number of sulfonamides is 1. The summed E-state index contributed by atoms with van der Waals surface area (Å²) < 4.78 is 35.0. The summed E-state index contributed by atoms with van der Waals surface area (Å²) in [5.74, 6) is -0.476. The predicted octanol–water partition coefficient (Wildman–Crippen LogP) is 3.09. The minimum absolute atomic E-state index is 0.0426. The molecule has 0 atom stereocenters. The maximum atomic E-state index is 13.4. The van der Waals surface area contributed by atoms with E-state index in [4.69, 9.17) is 4.74 Å². The SMILES string of the molecule is CCOC(=O)C1CCN(S(=O)(=O)c2cn(C(C)C)nc2-c2ccccc2)CC1. The second-order valence-electron chi connectivity index (χ2n) is 7.21. The fourth-order valence-electron chi connectivity index (χ4n) is 3.36. The molecule has 1 aromatic heterocycles. The molecule has 1 aromatic carbocycles. The Morgan fingerprint density at radius 3 is 2.43 bits per heavy atom. The van der Waals surface area contributed by atoms with Crippen molar-refractivity contribution in [2.45, 2.75) is 44.6 Å². The van der Waals surface area contributed by atoms with Crippen LogP contribution in [0.25, 0.3) is 11.3 Å². The molecule has 2 aromatic rings. The minimum atomic E-state index is -3.72. The number of rotatable bonds is 6. The first-order valence-electron chi connectivity index (χ1n) is 9.66. The number of nitrogens with zero attached hydrogens (tertiary/aromatic N) is 3. The topological polar surface area (TPSA) is 81.5 Å². The van der Waals surface area contributed by atoms with Gasteiger partial charge in [0.1, 0.15) is 10.6 Å². The Morgan fingerprint density at radius 2 is 1.86 bits per heavy atom. The van der Waals surface area contributed by atoms with Crippen LogP contribution in [0.5, 0.6) is 0 Å². The molecule has 0 radical (unpaired) electrons. The molecule has 0 amide bonds. The van der Waals surface area contributed by atoms with Gasteiger partial charge < -0.3 is 4.74 Å². The lowest BCUT2D eigenvalue weighted by molar-refractivity contribution is -0.149. The highest BCUT2D eigenvalue weighted by Gasteiger charge is 2.35. The van der Waals surface area contributed by atoms with Gasteiger partial charge in [-0.3, -0.25) is 9.48 Å². The summed E-state index contributed by atoms with van der Waals surface area (Å²) in [6.45, 7) is 6.63. The van der Waals surface area contributed by atoms with Crippen molar-refractivity contribution in [2.24, 2.45) is 5.92 Å². The lowest BCUT2D eigenvalue weighted by atomic mass is 9.98. The molecule has 1 aliphatic rings. The number of ether oxygens (including phenoxy) is 1. The fourth-order valence-corrected chi connectivity index (χ4v) is 4.97. The molecule has 2 heterocycles. The van der Waals surface area contributed by atoms with Gasteiger partial charge >= 0.3 is 5.97 Å². The van der Waals surface area contributed by atoms with E-state index in [1.54, 1.807) is 17.8 Å². The third kappa shape index (κ3) is 4.12. The van der Waals surface area contributed by atoms with Gasteiger partial charge in [-0.05, 0) is 33.6 Å². The lowest BCUT2D eigenvalue weighted by Gasteiger charge is -2.29. The van der Waals surface area contributed by atoms with Crippen molar-refractivity contribution < 1.29 is 17.9 Å². The summed E-state index contributed by atoms with van der Waals surface area (Å²) in [7, 11) is -3.72. The molecule has 8 heteroatoms. The lowest BCUT2D eigenvalue weighted by Crippen LogP contribution is -2.40. The standard InChI is InChI=1S/C20H27N3O4S/c1-4-27-20(24)17-10-12-22(13-11-17)28(25,26)18-14-23(15(2)3)21-19(18)16-8-6-5-7-9-16/h5-9,14-15,17H,4,10-13H2,1-3H3. The minimum Gasteiger partial charge on any atom is -0.466 e. The monoisotopic (exact) mass is 405 g/mol. The van der Waals surface area contributed by atoms with Crippen LogP contribution in [0.15, 0.2) is 41.4 Å². The van der Waals surface area contributed by atoms with Gasteiger partial charge in [-0.25, -0.2) is 8.42 Å². The average Bonchev–Trinajstić information content (AvgIpc) is 3.16. The van der Waals surface area contributed by atoms with E-state index in [9.17, 15) is 13.2 Å². The summed E-state index contributed by atoms with van der Waals surface area (Å²) in [6.07, 6.45) is 2.55. The molecule has 7 nitrogen and oxygen atoms in total. The van der Waals surface area contributed by atoms with E-state index in [0.717, 1.165) is 5.56 Å². The number of hydrogen-bond acceptors (Lipinski definition) is 5. The van der Waals surface area contributed by atoms with E-state index in [1.165, 1.54) is 4.31 Å². The van der Waals surface area contributed by atoms with Crippen LogP contribution in [-0.4, -0.2) is 48.2 Å². The fraction of sp³-hybridized carbons (Fsp3) is 0.500. The second-order valence-corrected chi connectivity index (χ2v) is 9.12. The molecule has 1 fully saturated rings. The first-order valence-corrected chi connectivity index (χ1v) is 11.1. The summed E-state index contributed by atoms with van der Waals surface area (Å²) in [5, 5.41) is 4.55. The highest BCUT2D eigenvalue weighted by atomic mass is 32.2. The third-order valence-electron chi connectivity index (χ3n) is 4.97. The number of benzene rings is 1. The summed E-state index contributed by atoms with van der Waals surface area (Å²) >= 11 is 0. The zero-order chi connectivity index (χ0) is 20.3. The van der Waals surface area contributed by atoms with E-state index in [1.807, 2.05) is 44.2 Å². The number of carbonyl (C=O) groups is 1. The van der Waals surface area contributed by atoms with Crippen LogP contribution in [0.4, 0.5) is 0 Å². The van der Waals surface area contributed by atoms with E-state index in [0.29, 0.717) is 38.2 Å². The van der Waals surface area contributed by atoms with Gasteiger partial charge in [-0.15, -0.1) is 0 Å². The normalized spacial score (nSPS) is 16.4. The highest BCUT2D eigenvalue weighted by molar-refractivity contribution is 7.89. The van der Waals surface area contributed by atoms with Crippen molar-refractivity contribution in [3.05, 3.63) is 36.5 Å². The van der Waals surface area contributed by atoms with Crippen LogP contribution in [0.2, 0.25) is 0 Å². The van der Waals surface area contributed by atoms with Gasteiger partial charge in [0.15, 0.2) is 0 Å². The molecule has 0 bridgehead atoms. The van der Waals surface area contributed by atoms with E-state index >= 15 is 0 Å². The maximum absolute atomic E-state index is 13.4. The summed E-state index contributed by atoms with van der Waals surface area (Å²) in [4.78, 5) is 12.1. The van der Waals surface area contributed by atoms with E-state index in [-0.39, 0.29) is 22.8 Å². The zero-order valence-corrected chi connectivity index (χ0v) is 17.4. The molecule has 28 heavy (non-hydrogen) atoms. The molecule has 0 spiro atoms. The van der Waals surface area contributed by atoms with Gasteiger partial charge in [0.05, 0.1) is 12.5 Å². The predicted molar refractivity (Wildman–Crippen MR) is 106 cm³/mol. The molecule has 1 aliphatic heterocycles.